The molecule has 3 N–H and O–H groups in total. The molecule has 160 valence electrons. The molecule has 1 aliphatic rings. The molecule has 0 fully saturated rings. The van der Waals surface area contributed by atoms with Gasteiger partial charge in [0.05, 0.1) is 6.20 Å². The average Bonchev–Trinajstić information content (AvgIpc) is 3.16. The third kappa shape index (κ3) is 4.96. The highest BCUT2D eigenvalue weighted by atomic mass is 16.3. The molecule has 4 rings (SSSR count). The molecule has 2 aromatic heterocycles. The van der Waals surface area contributed by atoms with Crippen molar-refractivity contribution in [3.05, 3.63) is 48.3 Å². The summed E-state index contributed by atoms with van der Waals surface area (Å²) in [5.41, 5.74) is 4.19. The van der Waals surface area contributed by atoms with Crippen LogP contribution in [0.2, 0.25) is 0 Å². The Hall–Kier alpha value is -2.52. The van der Waals surface area contributed by atoms with Gasteiger partial charge < -0.3 is 20.6 Å². The molecule has 1 atom stereocenters. The molecule has 0 saturated heterocycles. The van der Waals surface area contributed by atoms with Gasteiger partial charge >= 0.3 is 0 Å². The maximum Gasteiger partial charge on any atom is 0.165 e. The van der Waals surface area contributed by atoms with E-state index in [4.69, 9.17) is 4.98 Å². The van der Waals surface area contributed by atoms with Gasteiger partial charge in [0.15, 0.2) is 5.65 Å². The van der Waals surface area contributed by atoms with Crippen LogP contribution in [0.1, 0.15) is 12.0 Å². The van der Waals surface area contributed by atoms with Crippen LogP contribution < -0.4 is 10.6 Å². The Balaban J connectivity index is 1.58. The van der Waals surface area contributed by atoms with Gasteiger partial charge in [-0.25, -0.2) is 9.50 Å². The molecule has 0 amide bonds. The molecule has 1 aromatic carbocycles. The SMILES string of the molecule is CN(C)CCC(O)N1CCNCc2cccc(c2)-c2cnn3ccc(nc23)NCC1. The summed E-state index contributed by atoms with van der Waals surface area (Å²) in [6, 6.07) is 10.4. The zero-order valence-corrected chi connectivity index (χ0v) is 17.8. The largest absolute Gasteiger partial charge is 0.378 e. The van der Waals surface area contributed by atoms with E-state index in [1.165, 1.54) is 5.56 Å². The van der Waals surface area contributed by atoms with Crippen LogP contribution >= 0.6 is 0 Å². The second-order valence-corrected chi connectivity index (χ2v) is 8.05. The zero-order chi connectivity index (χ0) is 20.9. The number of rotatable bonds is 4. The van der Waals surface area contributed by atoms with Gasteiger partial charge in [0.1, 0.15) is 12.0 Å². The lowest BCUT2D eigenvalue weighted by atomic mass is 10.1. The number of nitrogens with zero attached hydrogens (tertiary/aromatic N) is 5. The zero-order valence-electron chi connectivity index (χ0n) is 17.8. The molecule has 3 heterocycles. The fraction of sp³-hybridized carbons (Fsp3) is 0.455. The number of hydrogen-bond acceptors (Lipinski definition) is 7. The Morgan fingerprint density at radius 2 is 2.07 bits per heavy atom. The lowest BCUT2D eigenvalue weighted by Crippen LogP contribution is -2.43. The summed E-state index contributed by atoms with van der Waals surface area (Å²) >= 11 is 0. The number of benzene rings is 1. The van der Waals surface area contributed by atoms with Crippen molar-refractivity contribution in [2.24, 2.45) is 0 Å². The highest BCUT2D eigenvalue weighted by molar-refractivity contribution is 5.78. The van der Waals surface area contributed by atoms with Crippen LogP contribution in [-0.2, 0) is 6.54 Å². The predicted octanol–water partition coefficient (Wildman–Crippen LogP) is 1.48. The van der Waals surface area contributed by atoms with Crippen molar-refractivity contribution < 1.29 is 5.11 Å². The number of fused-ring (bicyclic) bond motifs is 4. The highest BCUT2D eigenvalue weighted by Gasteiger charge is 2.16. The summed E-state index contributed by atoms with van der Waals surface area (Å²) in [7, 11) is 4.06. The first-order valence-corrected chi connectivity index (χ1v) is 10.6. The first-order valence-electron chi connectivity index (χ1n) is 10.6. The van der Waals surface area contributed by atoms with Gasteiger partial charge in [0.2, 0.25) is 0 Å². The molecule has 1 aliphatic heterocycles. The average molecular weight is 410 g/mol. The smallest absolute Gasteiger partial charge is 0.165 e. The van der Waals surface area contributed by atoms with Crippen molar-refractivity contribution >= 4 is 11.5 Å². The topological polar surface area (TPSA) is 81.0 Å². The van der Waals surface area contributed by atoms with E-state index in [2.05, 4.69) is 49.8 Å². The van der Waals surface area contributed by atoms with Crippen molar-refractivity contribution in [1.29, 1.82) is 0 Å². The summed E-state index contributed by atoms with van der Waals surface area (Å²) in [4.78, 5) is 9.02. The van der Waals surface area contributed by atoms with E-state index in [0.29, 0.717) is 6.54 Å². The van der Waals surface area contributed by atoms with E-state index < -0.39 is 6.23 Å². The third-order valence-corrected chi connectivity index (χ3v) is 5.47. The molecule has 3 aromatic rings. The molecule has 30 heavy (non-hydrogen) atoms. The molecule has 8 nitrogen and oxygen atoms in total. The molecule has 1 unspecified atom stereocenters. The van der Waals surface area contributed by atoms with Crippen LogP contribution in [0.25, 0.3) is 16.8 Å². The molecule has 0 saturated carbocycles. The second-order valence-electron chi connectivity index (χ2n) is 8.05. The quantitative estimate of drug-likeness (QED) is 0.602. The Bertz CT molecular complexity index is 971. The number of nitrogens with one attached hydrogen (secondary N) is 2. The standard InChI is InChI=1S/C22H31N7O/c1-27(2)10-7-21(30)28-12-8-23-15-17-4-3-5-18(14-17)19-16-25-29-11-6-20(24-9-13-28)26-22(19)29/h3-6,11,14,16,21,23,30H,7-10,12-13,15H2,1-2H3,(H,24,26). The number of aliphatic hydroxyl groups excluding tert-OH is 1. The van der Waals surface area contributed by atoms with Crippen molar-refractivity contribution in [2.75, 3.05) is 52.1 Å². The fourth-order valence-corrected chi connectivity index (χ4v) is 3.77. The van der Waals surface area contributed by atoms with E-state index in [1.54, 1.807) is 4.52 Å². The first-order chi connectivity index (χ1) is 14.6. The predicted molar refractivity (Wildman–Crippen MR) is 119 cm³/mol. The van der Waals surface area contributed by atoms with Gasteiger partial charge in [-0.3, -0.25) is 4.90 Å². The van der Waals surface area contributed by atoms with Gasteiger partial charge in [-0.05, 0) is 43.8 Å². The molecular formula is C22H31N7O. The highest BCUT2D eigenvalue weighted by Crippen LogP contribution is 2.25. The van der Waals surface area contributed by atoms with Crippen LogP contribution in [0.15, 0.2) is 42.7 Å². The van der Waals surface area contributed by atoms with E-state index in [9.17, 15) is 5.11 Å². The monoisotopic (exact) mass is 409 g/mol. The maximum atomic E-state index is 10.7. The molecule has 8 heteroatoms. The minimum atomic E-state index is -0.466. The van der Waals surface area contributed by atoms with E-state index in [-0.39, 0.29) is 0 Å². The van der Waals surface area contributed by atoms with Crippen molar-refractivity contribution in [3.8, 4) is 11.1 Å². The summed E-state index contributed by atoms with van der Waals surface area (Å²) < 4.78 is 1.81. The number of hydrogen-bond donors (Lipinski definition) is 3. The second kappa shape index (κ2) is 9.53. The fourth-order valence-electron chi connectivity index (χ4n) is 3.77. The number of anilines is 1. The van der Waals surface area contributed by atoms with E-state index in [1.807, 2.05) is 32.6 Å². The lowest BCUT2D eigenvalue weighted by Gasteiger charge is -2.29. The normalized spacial score (nSPS) is 16.9. The van der Waals surface area contributed by atoms with Gasteiger partial charge in [0, 0.05) is 51.0 Å². The van der Waals surface area contributed by atoms with Gasteiger partial charge in [-0.1, -0.05) is 18.2 Å². The van der Waals surface area contributed by atoms with Crippen molar-refractivity contribution in [2.45, 2.75) is 19.2 Å². The summed E-state index contributed by atoms with van der Waals surface area (Å²) in [6.07, 6.45) is 4.06. The molecular weight excluding hydrogens is 378 g/mol. The number of aromatic nitrogens is 3. The van der Waals surface area contributed by atoms with Crippen LogP contribution in [0, 0.1) is 0 Å². The summed E-state index contributed by atoms with van der Waals surface area (Å²) in [5, 5.41) is 22.1. The summed E-state index contributed by atoms with van der Waals surface area (Å²) in [6.45, 7) is 4.68. The van der Waals surface area contributed by atoms with E-state index >= 15 is 0 Å². The molecule has 0 radical (unpaired) electrons. The van der Waals surface area contributed by atoms with Crippen LogP contribution in [0.3, 0.4) is 0 Å². The van der Waals surface area contributed by atoms with Gasteiger partial charge in [-0.15, -0.1) is 0 Å². The number of aliphatic hydroxyl groups is 1. The Morgan fingerprint density at radius 1 is 1.20 bits per heavy atom. The van der Waals surface area contributed by atoms with Gasteiger partial charge in [-0.2, -0.15) is 5.10 Å². The summed E-state index contributed by atoms with van der Waals surface area (Å²) in [5.74, 6) is 0.816. The Morgan fingerprint density at radius 3 is 2.93 bits per heavy atom. The third-order valence-electron chi connectivity index (χ3n) is 5.47. The van der Waals surface area contributed by atoms with Crippen LogP contribution in [0.4, 0.5) is 5.82 Å². The molecule has 4 bridgehead atoms. The minimum Gasteiger partial charge on any atom is -0.378 e. The maximum absolute atomic E-state index is 10.7. The Labute approximate surface area is 177 Å². The van der Waals surface area contributed by atoms with Gasteiger partial charge in [0.25, 0.3) is 0 Å². The van der Waals surface area contributed by atoms with E-state index in [0.717, 1.165) is 61.7 Å². The van der Waals surface area contributed by atoms with Crippen LogP contribution in [-0.4, -0.2) is 82.6 Å². The molecule has 0 spiro atoms. The molecule has 0 aliphatic carbocycles. The minimum absolute atomic E-state index is 0.466. The lowest BCUT2D eigenvalue weighted by molar-refractivity contribution is -0.00318. The van der Waals surface area contributed by atoms with Crippen LogP contribution in [0.5, 0.6) is 0 Å². The van der Waals surface area contributed by atoms with Crippen molar-refractivity contribution in [1.82, 2.24) is 29.7 Å². The first kappa shape index (κ1) is 20.7. The Kier molecular flexibility index (Phi) is 6.59. The van der Waals surface area contributed by atoms with Crippen molar-refractivity contribution in [3.63, 3.8) is 0 Å².